The SMILES string of the molecule is CCOC(=O)CCNC(=O)Nc1cccc(C)c1C(=O)O. The maximum Gasteiger partial charge on any atom is 0.338 e. The van der Waals surface area contributed by atoms with Crippen LogP contribution in [0.5, 0.6) is 0 Å². The summed E-state index contributed by atoms with van der Waals surface area (Å²) in [6.07, 6.45) is 0.0564. The van der Waals surface area contributed by atoms with E-state index < -0.39 is 18.0 Å². The molecule has 7 heteroatoms. The van der Waals surface area contributed by atoms with Crippen LogP contribution < -0.4 is 10.6 Å². The van der Waals surface area contributed by atoms with E-state index in [0.717, 1.165) is 0 Å². The zero-order valence-corrected chi connectivity index (χ0v) is 11.9. The number of urea groups is 1. The second-order valence-corrected chi connectivity index (χ2v) is 4.24. The van der Waals surface area contributed by atoms with Crippen LogP contribution in [0.15, 0.2) is 18.2 Å². The number of carbonyl (C=O) groups is 3. The minimum atomic E-state index is -1.12. The molecule has 0 bridgehead atoms. The lowest BCUT2D eigenvalue weighted by Crippen LogP contribution is -2.31. The number of esters is 1. The Morgan fingerprint density at radius 2 is 2.00 bits per heavy atom. The minimum Gasteiger partial charge on any atom is -0.478 e. The molecule has 0 aliphatic heterocycles. The Morgan fingerprint density at radius 1 is 1.29 bits per heavy atom. The highest BCUT2D eigenvalue weighted by molar-refractivity contribution is 6.01. The Morgan fingerprint density at radius 3 is 2.62 bits per heavy atom. The molecular weight excluding hydrogens is 276 g/mol. The van der Waals surface area contributed by atoms with E-state index in [-0.39, 0.29) is 30.8 Å². The van der Waals surface area contributed by atoms with Crippen molar-refractivity contribution in [2.45, 2.75) is 20.3 Å². The van der Waals surface area contributed by atoms with E-state index in [2.05, 4.69) is 10.6 Å². The van der Waals surface area contributed by atoms with Crippen LogP contribution >= 0.6 is 0 Å². The Balaban J connectivity index is 2.58. The molecule has 0 saturated heterocycles. The van der Waals surface area contributed by atoms with Gasteiger partial charge in [-0.05, 0) is 25.5 Å². The fraction of sp³-hybridized carbons (Fsp3) is 0.357. The number of carbonyl (C=O) groups excluding carboxylic acids is 2. The molecule has 0 atom stereocenters. The quantitative estimate of drug-likeness (QED) is 0.693. The third-order valence-electron chi connectivity index (χ3n) is 2.65. The van der Waals surface area contributed by atoms with Gasteiger partial charge in [-0.3, -0.25) is 4.79 Å². The number of anilines is 1. The van der Waals surface area contributed by atoms with Crippen LogP contribution in [0.1, 0.15) is 29.3 Å². The van der Waals surface area contributed by atoms with Gasteiger partial charge in [-0.15, -0.1) is 0 Å². The number of ether oxygens (including phenoxy) is 1. The number of rotatable bonds is 6. The predicted molar refractivity (Wildman–Crippen MR) is 76.4 cm³/mol. The predicted octanol–water partition coefficient (Wildman–Crippen LogP) is 1.77. The van der Waals surface area contributed by atoms with Gasteiger partial charge < -0.3 is 20.5 Å². The Kier molecular flexibility index (Phi) is 6.19. The number of nitrogens with one attached hydrogen (secondary N) is 2. The Hall–Kier alpha value is -2.57. The van der Waals surface area contributed by atoms with Gasteiger partial charge in [0.1, 0.15) is 0 Å². The number of aryl methyl sites for hydroxylation is 1. The van der Waals surface area contributed by atoms with Crippen LogP contribution in [0, 0.1) is 6.92 Å². The highest BCUT2D eigenvalue weighted by Gasteiger charge is 2.14. The number of aromatic carboxylic acids is 1. The first kappa shape index (κ1) is 16.5. The highest BCUT2D eigenvalue weighted by Crippen LogP contribution is 2.19. The van der Waals surface area contributed by atoms with E-state index in [9.17, 15) is 14.4 Å². The van der Waals surface area contributed by atoms with Crippen molar-refractivity contribution in [1.29, 1.82) is 0 Å². The average Bonchev–Trinajstić information content (AvgIpc) is 2.38. The summed E-state index contributed by atoms with van der Waals surface area (Å²) in [6.45, 7) is 3.74. The van der Waals surface area contributed by atoms with Gasteiger partial charge in [-0.2, -0.15) is 0 Å². The third-order valence-corrected chi connectivity index (χ3v) is 2.65. The zero-order valence-electron chi connectivity index (χ0n) is 11.9. The lowest BCUT2D eigenvalue weighted by molar-refractivity contribution is -0.142. The molecule has 1 aromatic rings. The minimum absolute atomic E-state index is 0.0399. The summed E-state index contributed by atoms with van der Waals surface area (Å²) in [4.78, 5) is 33.9. The third kappa shape index (κ3) is 5.13. The fourth-order valence-electron chi connectivity index (χ4n) is 1.73. The molecule has 2 amide bonds. The molecule has 21 heavy (non-hydrogen) atoms. The van der Waals surface area contributed by atoms with Gasteiger partial charge in [0.15, 0.2) is 0 Å². The molecule has 0 spiro atoms. The highest BCUT2D eigenvalue weighted by atomic mass is 16.5. The average molecular weight is 294 g/mol. The Labute approximate surface area is 122 Å². The molecule has 0 unspecified atom stereocenters. The molecule has 0 heterocycles. The number of hydrogen-bond acceptors (Lipinski definition) is 4. The second-order valence-electron chi connectivity index (χ2n) is 4.24. The summed E-state index contributed by atoms with van der Waals surface area (Å²) < 4.78 is 4.72. The molecule has 114 valence electrons. The number of carboxylic acid groups (broad SMARTS) is 1. The van der Waals surface area contributed by atoms with E-state index in [0.29, 0.717) is 5.56 Å². The van der Waals surface area contributed by atoms with Crippen molar-refractivity contribution in [3.8, 4) is 0 Å². The lowest BCUT2D eigenvalue weighted by atomic mass is 10.1. The lowest BCUT2D eigenvalue weighted by Gasteiger charge is -2.11. The fourth-order valence-corrected chi connectivity index (χ4v) is 1.73. The molecule has 3 N–H and O–H groups in total. The van der Waals surface area contributed by atoms with Crippen molar-refractivity contribution in [3.63, 3.8) is 0 Å². The second kappa shape index (κ2) is 7.88. The summed E-state index contributed by atoms with van der Waals surface area (Å²) in [6, 6.07) is 4.22. The largest absolute Gasteiger partial charge is 0.478 e. The first-order valence-corrected chi connectivity index (χ1v) is 6.49. The first-order valence-electron chi connectivity index (χ1n) is 6.49. The number of carboxylic acids is 1. The summed E-state index contributed by atoms with van der Waals surface area (Å²) in [7, 11) is 0. The monoisotopic (exact) mass is 294 g/mol. The molecule has 0 aliphatic carbocycles. The van der Waals surface area contributed by atoms with Crippen molar-refractivity contribution < 1.29 is 24.2 Å². The van der Waals surface area contributed by atoms with Crippen molar-refractivity contribution in [1.82, 2.24) is 5.32 Å². The summed E-state index contributed by atoms with van der Waals surface area (Å²) in [5.74, 6) is -1.52. The first-order chi connectivity index (χ1) is 9.95. The van der Waals surface area contributed by atoms with Gasteiger partial charge in [0.2, 0.25) is 0 Å². The van der Waals surface area contributed by atoms with Crippen molar-refractivity contribution >= 4 is 23.7 Å². The zero-order chi connectivity index (χ0) is 15.8. The van der Waals surface area contributed by atoms with Crippen LogP contribution in [0.4, 0.5) is 10.5 Å². The van der Waals surface area contributed by atoms with Gasteiger partial charge in [-0.25, -0.2) is 9.59 Å². The maximum atomic E-state index is 11.7. The molecule has 0 radical (unpaired) electrons. The van der Waals surface area contributed by atoms with Crippen molar-refractivity contribution in [2.24, 2.45) is 0 Å². The van der Waals surface area contributed by atoms with Crippen LogP contribution in [0.2, 0.25) is 0 Å². The van der Waals surface area contributed by atoms with E-state index in [4.69, 9.17) is 9.84 Å². The molecule has 0 aliphatic rings. The van der Waals surface area contributed by atoms with Gasteiger partial charge in [-0.1, -0.05) is 12.1 Å². The topological polar surface area (TPSA) is 105 Å². The summed E-state index contributed by atoms with van der Waals surface area (Å²) >= 11 is 0. The number of benzene rings is 1. The van der Waals surface area contributed by atoms with Gasteiger partial charge in [0, 0.05) is 6.54 Å². The molecule has 0 fully saturated rings. The van der Waals surface area contributed by atoms with Crippen molar-refractivity contribution in [2.75, 3.05) is 18.5 Å². The summed E-state index contributed by atoms with van der Waals surface area (Å²) in [5.41, 5.74) is 0.793. The molecule has 1 rings (SSSR count). The number of amides is 2. The van der Waals surface area contributed by atoms with Crippen LogP contribution in [-0.2, 0) is 9.53 Å². The molecule has 0 aromatic heterocycles. The molecular formula is C14H18N2O5. The summed E-state index contributed by atoms with van der Waals surface area (Å²) in [5, 5.41) is 14.1. The molecule has 7 nitrogen and oxygen atoms in total. The van der Waals surface area contributed by atoms with Gasteiger partial charge in [0.05, 0.1) is 24.3 Å². The van der Waals surface area contributed by atoms with E-state index in [1.54, 1.807) is 26.0 Å². The van der Waals surface area contributed by atoms with E-state index >= 15 is 0 Å². The maximum absolute atomic E-state index is 11.7. The van der Waals surface area contributed by atoms with Gasteiger partial charge >= 0.3 is 18.0 Å². The Bertz CT molecular complexity index is 542. The van der Waals surface area contributed by atoms with Crippen LogP contribution in [-0.4, -0.2) is 36.2 Å². The van der Waals surface area contributed by atoms with Gasteiger partial charge in [0.25, 0.3) is 0 Å². The molecule has 1 aromatic carbocycles. The number of hydrogen-bond donors (Lipinski definition) is 3. The van der Waals surface area contributed by atoms with Crippen LogP contribution in [0.3, 0.4) is 0 Å². The van der Waals surface area contributed by atoms with E-state index in [1.807, 2.05) is 0 Å². The standard InChI is InChI=1S/C14H18N2O5/c1-3-21-11(17)7-8-15-14(20)16-10-6-4-5-9(2)12(10)13(18)19/h4-6H,3,7-8H2,1-2H3,(H,18,19)(H2,15,16,20). The molecule has 0 saturated carbocycles. The van der Waals surface area contributed by atoms with E-state index in [1.165, 1.54) is 6.07 Å². The van der Waals surface area contributed by atoms with Crippen molar-refractivity contribution in [3.05, 3.63) is 29.3 Å². The van der Waals surface area contributed by atoms with Crippen LogP contribution in [0.25, 0.3) is 0 Å². The smallest absolute Gasteiger partial charge is 0.338 e. The normalized spacial score (nSPS) is 9.81.